The number of nitrogens with zero attached hydrogens (tertiary/aromatic N) is 1. The van der Waals surface area contributed by atoms with E-state index in [-0.39, 0.29) is 17.4 Å². The lowest BCUT2D eigenvalue weighted by molar-refractivity contribution is -0.145. The van der Waals surface area contributed by atoms with E-state index in [1.165, 1.54) is 0 Å². The van der Waals surface area contributed by atoms with Crippen molar-refractivity contribution in [1.29, 1.82) is 0 Å². The Labute approximate surface area is 195 Å². The number of carboxylic acids is 1. The number of rotatable bonds is 7. The van der Waals surface area contributed by atoms with Gasteiger partial charge in [0.15, 0.2) is 0 Å². The first-order valence-electron chi connectivity index (χ1n) is 11.0. The average Bonchev–Trinajstić information content (AvgIpc) is 2.84. The van der Waals surface area contributed by atoms with E-state index in [1.807, 2.05) is 111 Å². The number of likely N-dealkylation sites (tertiary alicyclic amines) is 1. The van der Waals surface area contributed by atoms with Crippen molar-refractivity contribution < 1.29 is 14.7 Å². The standard InChI is InChI=1S/C28H28NO3P/c1-4-28(2,3)24-20-25(30)29(24)26(27(31)32)33(21-14-8-5-9-15-21,22-16-10-6-11-17-22)23-18-12-7-13-19-23/h4-19,24H,1,20H2,2-3H3,(H,31,32). The van der Waals surface area contributed by atoms with Crippen LogP contribution in [-0.4, -0.2) is 33.3 Å². The first kappa shape index (κ1) is 22.8. The summed E-state index contributed by atoms with van der Waals surface area (Å²) in [7, 11) is 0. The van der Waals surface area contributed by atoms with Crippen molar-refractivity contribution in [2.75, 3.05) is 0 Å². The van der Waals surface area contributed by atoms with Crippen LogP contribution < -0.4 is 15.9 Å². The molecular weight excluding hydrogens is 429 g/mol. The van der Waals surface area contributed by atoms with Crippen LogP contribution in [0.4, 0.5) is 0 Å². The summed E-state index contributed by atoms with van der Waals surface area (Å²) in [5.74, 6) is -1.24. The molecule has 168 valence electrons. The topological polar surface area (TPSA) is 57.6 Å². The van der Waals surface area contributed by atoms with Crippen LogP contribution in [0.1, 0.15) is 20.3 Å². The second kappa shape index (κ2) is 8.88. The molecule has 0 aromatic heterocycles. The fourth-order valence-corrected chi connectivity index (χ4v) is 8.94. The molecule has 0 radical (unpaired) electrons. The molecule has 4 nitrogen and oxygen atoms in total. The van der Waals surface area contributed by atoms with Crippen molar-refractivity contribution in [2.45, 2.75) is 26.3 Å². The van der Waals surface area contributed by atoms with Gasteiger partial charge >= 0.3 is 5.97 Å². The fourth-order valence-electron chi connectivity index (χ4n) is 4.59. The molecule has 0 aliphatic carbocycles. The Bertz CT molecular complexity index is 1130. The monoisotopic (exact) mass is 457 g/mol. The summed E-state index contributed by atoms with van der Waals surface area (Å²) in [6.07, 6.45) is 2.11. The highest BCUT2D eigenvalue weighted by atomic mass is 31.2. The van der Waals surface area contributed by atoms with E-state index in [9.17, 15) is 14.7 Å². The Morgan fingerprint density at radius 1 is 0.909 bits per heavy atom. The zero-order chi connectivity index (χ0) is 23.6. The van der Waals surface area contributed by atoms with Crippen LogP contribution in [-0.2, 0) is 9.59 Å². The quantitative estimate of drug-likeness (QED) is 0.331. The third kappa shape index (κ3) is 3.75. The van der Waals surface area contributed by atoms with Gasteiger partial charge < -0.3 is 10.0 Å². The predicted octanol–water partition coefficient (Wildman–Crippen LogP) is 4.01. The second-order valence-electron chi connectivity index (χ2n) is 8.82. The highest BCUT2D eigenvalue weighted by molar-refractivity contribution is 7.96. The van der Waals surface area contributed by atoms with E-state index < -0.39 is 18.3 Å². The normalized spacial score (nSPS) is 16.1. The van der Waals surface area contributed by atoms with Crippen LogP contribution >= 0.6 is 6.89 Å². The highest BCUT2D eigenvalue weighted by Crippen LogP contribution is 2.50. The van der Waals surface area contributed by atoms with Gasteiger partial charge in [-0.25, -0.2) is 4.79 Å². The molecule has 1 aliphatic heterocycles. The number of carboxylic acid groups (broad SMARTS) is 1. The number of hydrogen-bond acceptors (Lipinski definition) is 2. The number of carbonyl (C=O) groups is 2. The molecule has 1 amide bonds. The van der Waals surface area contributed by atoms with Crippen molar-refractivity contribution >= 4 is 40.1 Å². The molecular formula is C28H28NO3P. The summed E-state index contributed by atoms with van der Waals surface area (Å²) in [4.78, 5) is 27.8. The largest absolute Gasteiger partial charge is 0.477 e. The van der Waals surface area contributed by atoms with Gasteiger partial charge in [0.05, 0.1) is 6.04 Å². The minimum atomic E-state index is -2.91. The zero-order valence-corrected chi connectivity index (χ0v) is 19.8. The molecule has 4 rings (SSSR count). The van der Waals surface area contributed by atoms with Gasteiger partial charge in [0.2, 0.25) is 5.91 Å². The van der Waals surface area contributed by atoms with Crippen LogP contribution in [0.2, 0.25) is 0 Å². The Hall–Kier alpha value is -3.36. The second-order valence-corrected chi connectivity index (χ2v) is 12.1. The van der Waals surface area contributed by atoms with Gasteiger partial charge in [-0.15, -0.1) is 6.58 Å². The molecule has 1 fully saturated rings. The van der Waals surface area contributed by atoms with Crippen molar-refractivity contribution in [3.05, 3.63) is 104 Å². The van der Waals surface area contributed by atoms with Crippen molar-refractivity contribution in [2.24, 2.45) is 5.41 Å². The molecule has 33 heavy (non-hydrogen) atoms. The van der Waals surface area contributed by atoms with E-state index >= 15 is 0 Å². The number of β-lactam (4-membered cyclic amide) rings is 1. The van der Waals surface area contributed by atoms with Crippen LogP contribution in [0.15, 0.2) is 104 Å². The van der Waals surface area contributed by atoms with Gasteiger partial charge in [0.25, 0.3) is 0 Å². The maximum atomic E-state index is 13.2. The van der Waals surface area contributed by atoms with Gasteiger partial charge in [0.1, 0.15) is 5.42 Å². The SMILES string of the molecule is C=CC(C)(C)C1CC(=O)N1C(C(=O)O)=P(c1ccccc1)(c1ccccc1)c1ccccc1. The molecule has 5 heteroatoms. The van der Waals surface area contributed by atoms with Crippen LogP contribution in [0.25, 0.3) is 0 Å². The minimum Gasteiger partial charge on any atom is -0.477 e. The molecule has 3 aromatic rings. The Kier molecular flexibility index (Phi) is 6.14. The van der Waals surface area contributed by atoms with Gasteiger partial charge in [0, 0.05) is 18.7 Å². The zero-order valence-electron chi connectivity index (χ0n) is 18.9. The van der Waals surface area contributed by atoms with E-state index in [4.69, 9.17) is 0 Å². The highest BCUT2D eigenvalue weighted by Gasteiger charge is 2.50. The molecule has 3 aromatic carbocycles. The summed E-state index contributed by atoms with van der Waals surface area (Å²) in [5.41, 5.74) is -0.281. The number of carbonyl (C=O) groups excluding carboxylic acids is 1. The third-order valence-corrected chi connectivity index (χ3v) is 10.8. The van der Waals surface area contributed by atoms with E-state index in [0.29, 0.717) is 6.42 Å². The van der Waals surface area contributed by atoms with Crippen molar-refractivity contribution in [1.82, 2.24) is 4.90 Å². The molecule has 1 heterocycles. The molecule has 1 saturated heterocycles. The minimum absolute atomic E-state index is 0.155. The number of hydrogen-bond donors (Lipinski definition) is 1. The molecule has 0 saturated carbocycles. The van der Waals surface area contributed by atoms with Gasteiger partial charge in [-0.3, -0.25) is 4.79 Å². The van der Waals surface area contributed by atoms with Crippen LogP contribution in [0.3, 0.4) is 0 Å². The summed E-state index contributed by atoms with van der Waals surface area (Å²) >= 11 is 0. The van der Waals surface area contributed by atoms with Gasteiger partial charge in [-0.1, -0.05) is 111 Å². The van der Waals surface area contributed by atoms with Crippen LogP contribution in [0.5, 0.6) is 0 Å². The molecule has 1 atom stereocenters. The third-order valence-electron chi connectivity index (χ3n) is 6.50. The molecule has 1 aliphatic rings. The molecule has 1 unspecified atom stereocenters. The summed E-state index contributed by atoms with van der Waals surface area (Å²) in [5, 5.41) is 13.5. The summed E-state index contributed by atoms with van der Waals surface area (Å²) in [6, 6.07) is 29.0. The van der Waals surface area contributed by atoms with E-state index in [1.54, 1.807) is 4.90 Å². The molecule has 0 bridgehead atoms. The van der Waals surface area contributed by atoms with Crippen LogP contribution in [0, 0.1) is 5.41 Å². The average molecular weight is 458 g/mol. The Balaban J connectivity index is 2.23. The lowest BCUT2D eigenvalue weighted by Crippen LogP contribution is -2.63. The van der Waals surface area contributed by atoms with Crippen molar-refractivity contribution in [3.8, 4) is 0 Å². The van der Waals surface area contributed by atoms with Gasteiger partial charge in [-0.2, -0.15) is 0 Å². The maximum absolute atomic E-state index is 13.2. The summed E-state index contributed by atoms with van der Waals surface area (Å²) in [6.45, 7) is 5.04. The summed E-state index contributed by atoms with van der Waals surface area (Å²) < 4.78 is 0. The number of benzene rings is 3. The number of amides is 1. The number of aliphatic carboxylic acids is 1. The fraction of sp³-hybridized carbons (Fsp3) is 0.179. The Morgan fingerprint density at radius 3 is 1.61 bits per heavy atom. The lowest BCUT2D eigenvalue weighted by atomic mass is 9.77. The maximum Gasteiger partial charge on any atom is 0.353 e. The Morgan fingerprint density at radius 2 is 1.30 bits per heavy atom. The van der Waals surface area contributed by atoms with Gasteiger partial charge in [-0.05, 0) is 15.9 Å². The molecule has 0 spiro atoms. The first-order chi connectivity index (χ1) is 15.8. The molecule has 1 N–H and O–H groups in total. The first-order valence-corrected chi connectivity index (χ1v) is 12.8. The lowest BCUT2D eigenvalue weighted by Gasteiger charge is -2.50. The van der Waals surface area contributed by atoms with E-state index in [2.05, 4.69) is 6.58 Å². The predicted molar refractivity (Wildman–Crippen MR) is 137 cm³/mol. The smallest absolute Gasteiger partial charge is 0.353 e. The van der Waals surface area contributed by atoms with E-state index in [0.717, 1.165) is 15.9 Å². The van der Waals surface area contributed by atoms with Crippen molar-refractivity contribution in [3.63, 3.8) is 0 Å².